The zero-order valence-corrected chi connectivity index (χ0v) is 14.7. The standard InChI is InChI=1S/C17H21F5N2O2/c1-16(2,3)26-15(25)24-7-5-17(21,22)11(9-24)10-4-6-23-12(8-10)13(18)14(19)20/h4,6,8,11,13-14H,5,7,9H2,1-3H3. The quantitative estimate of drug-likeness (QED) is 0.713. The van der Waals surface area contributed by atoms with E-state index < -0.39 is 48.2 Å². The van der Waals surface area contributed by atoms with Crippen LogP contribution >= 0.6 is 0 Å². The van der Waals surface area contributed by atoms with E-state index in [1.165, 1.54) is 6.07 Å². The third-order valence-corrected chi connectivity index (χ3v) is 3.99. The summed E-state index contributed by atoms with van der Waals surface area (Å²) in [7, 11) is 0. The highest BCUT2D eigenvalue weighted by molar-refractivity contribution is 5.68. The molecule has 0 spiro atoms. The average molecular weight is 380 g/mol. The summed E-state index contributed by atoms with van der Waals surface area (Å²) in [5.74, 6) is -4.64. The van der Waals surface area contributed by atoms with Crippen LogP contribution in [0.5, 0.6) is 0 Å². The first-order valence-corrected chi connectivity index (χ1v) is 8.14. The van der Waals surface area contributed by atoms with Gasteiger partial charge in [0.05, 0.1) is 11.6 Å². The molecule has 0 N–H and O–H groups in total. The van der Waals surface area contributed by atoms with Crippen LogP contribution in [-0.4, -0.2) is 47.0 Å². The molecule has 2 atom stereocenters. The summed E-state index contributed by atoms with van der Waals surface area (Å²) in [5, 5.41) is 0. The van der Waals surface area contributed by atoms with Crippen molar-refractivity contribution < 1.29 is 31.5 Å². The first-order chi connectivity index (χ1) is 11.9. The molecule has 1 saturated heterocycles. The van der Waals surface area contributed by atoms with E-state index in [4.69, 9.17) is 4.74 Å². The molecular weight excluding hydrogens is 359 g/mol. The molecule has 2 heterocycles. The van der Waals surface area contributed by atoms with Crippen molar-refractivity contribution in [2.75, 3.05) is 13.1 Å². The molecule has 2 unspecified atom stereocenters. The first-order valence-electron chi connectivity index (χ1n) is 8.14. The van der Waals surface area contributed by atoms with Gasteiger partial charge in [0.15, 0.2) is 0 Å². The molecule has 26 heavy (non-hydrogen) atoms. The highest BCUT2D eigenvalue weighted by atomic mass is 19.3. The Kier molecular flexibility index (Phi) is 5.77. The third-order valence-electron chi connectivity index (χ3n) is 3.99. The predicted octanol–water partition coefficient (Wildman–Crippen LogP) is 4.72. The minimum atomic E-state index is -3.30. The van der Waals surface area contributed by atoms with E-state index in [0.717, 1.165) is 17.2 Å². The Morgan fingerprint density at radius 1 is 1.35 bits per heavy atom. The number of likely N-dealkylation sites (tertiary alicyclic amines) is 1. The van der Waals surface area contributed by atoms with Crippen LogP contribution in [-0.2, 0) is 4.74 Å². The Labute approximate surface area is 148 Å². The molecule has 9 heteroatoms. The van der Waals surface area contributed by atoms with E-state index in [9.17, 15) is 26.7 Å². The molecule has 1 aliphatic heterocycles. The minimum absolute atomic E-state index is 0.0449. The Morgan fingerprint density at radius 2 is 2.00 bits per heavy atom. The highest BCUT2D eigenvalue weighted by Crippen LogP contribution is 2.41. The molecule has 0 bridgehead atoms. The van der Waals surface area contributed by atoms with Crippen molar-refractivity contribution in [3.63, 3.8) is 0 Å². The molecule has 0 saturated carbocycles. The number of halogens is 5. The number of carbonyl (C=O) groups is 1. The number of hydrogen-bond donors (Lipinski definition) is 0. The fourth-order valence-electron chi connectivity index (χ4n) is 2.71. The van der Waals surface area contributed by atoms with Crippen LogP contribution in [0.25, 0.3) is 0 Å². The van der Waals surface area contributed by atoms with E-state index in [2.05, 4.69) is 4.98 Å². The van der Waals surface area contributed by atoms with Crippen molar-refractivity contribution in [3.05, 3.63) is 29.6 Å². The zero-order chi connectivity index (χ0) is 19.7. The summed E-state index contributed by atoms with van der Waals surface area (Å²) >= 11 is 0. The van der Waals surface area contributed by atoms with Crippen molar-refractivity contribution in [1.82, 2.24) is 9.88 Å². The maximum Gasteiger partial charge on any atom is 0.410 e. The van der Waals surface area contributed by atoms with E-state index >= 15 is 0 Å². The molecule has 146 valence electrons. The SMILES string of the molecule is CC(C)(C)OC(=O)N1CCC(F)(F)C(c2ccnc(C(F)C(F)F)c2)C1. The van der Waals surface area contributed by atoms with Crippen LogP contribution in [0.15, 0.2) is 18.3 Å². The average Bonchev–Trinajstić information content (AvgIpc) is 2.52. The number of hydrogen-bond acceptors (Lipinski definition) is 3. The fourth-order valence-corrected chi connectivity index (χ4v) is 2.71. The summed E-state index contributed by atoms with van der Waals surface area (Å²) in [6.07, 6.45) is -6.29. The lowest BCUT2D eigenvalue weighted by Crippen LogP contribution is -2.49. The van der Waals surface area contributed by atoms with Gasteiger partial charge in [-0.1, -0.05) is 0 Å². The zero-order valence-electron chi connectivity index (χ0n) is 14.7. The second-order valence-corrected chi connectivity index (χ2v) is 7.24. The van der Waals surface area contributed by atoms with Crippen LogP contribution in [0.3, 0.4) is 0 Å². The molecule has 1 amide bonds. The van der Waals surface area contributed by atoms with E-state index in [0.29, 0.717) is 0 Å². The summed E-state index contributed by atoms with van der Waals surface area (Å²) < 4.78 is 72.5. The van der Waals surface area contributed by atoms with Crippen LogP contribution < -0.4 is 0 Å². The van der Waals surface area contributed by atoms with Crippen molar-refractivity contribution in [1.29, 1.82) is 0 Å². The minimum Gasteiger partial charge on any atom is -0.444 e. The maximum absolute atomic E-state index is 14.4. The Balaban J connectivity index is 2.25. The number of amides is 1. The highest BCUT2D eigenvalue weighted by Gasteiger charge is 2.46. The van der Waals surface area contributed by atoms with Gasteiger partial charge in [0.25, 0.3) is 12.3 Å². The number of pyridine rings is 1. The van der Waals surface area contributed by atoms with Crippen LogP contribution in [0.2, 0.25) is 0 Å². The van der Waals surface area contributed by atoms with Gasteiger partial charge in [0.2, 0.25) is 6.17 Å². The van der Waals surface area contributed by atoms with Gasteiger partial charge in [0, 0.05) is 25.7 Å². The van der Waals surface area contributed by atoms with Gasteiger partial charge in [-0.3, -0.25) is 4.98 Å². The van der Waals surface area contributed by atoms with Gasteiger partial charge >= 0.3 is 6.09 Å². The van der Waals surface area contributed by atoms with Gasteiger partial charge in [-0.25, -0.2) is 26.7 Å². The van der Waals surface area contributed by atoms with Crippen LogP contribution in [0.4, 0.5) is 26.7 Å². The number of nitrogens with zero attached hydrogens (tertiary/aromatic N) is 2. The Hall–Kier alpha value is -1.93. The van der Waals surface area contributed by atoms with Crippen molar-refractivity contribution in [2.24, 2.45) is 0 Å². The molecule has 1 aromatic heterocycles. The van der Waals surface area contributed by atoms with E-state index in [1.54, 1.807) is 20.8 Å². The molecule has 1 fully saturated rings. The van der Waals surface area contributed by atoms with E-state index in [1.807, 2.05) is 0 Å². The van der Waals surface area contributed by atoms with Gasteiger partial charge in [-0.2, -0.15) is 0 Å². The largest absolute Gasteiger partial charge is 0.444 e. The topological polar surface area (TPSA) is 42.4 Å². The van der Waals surface area contributed by atoms with E-state index in [-0.39, 0.29) is 18.7 Å². The number of aromatic nitrogens is 1. The molecule has 1 aromatic rings. The number of rotatable bonds is 3. The van der Waals surface area contributed by atoms with Gasteiger partial charge in [-0.15, -0.1) is 0 Å². The number of ether oxygens (including phenoxy) is 1. The molecular formula is C17H21F5N2O2. The van der Waals surface area contributed by atoms with Crippen molar-refractivity contribution in [2.45, 2.75) is 57.2 Å². The summed E-state index contributed by atoms with van der Waals surface area (Å²) in [6, 6.07) is 2.13. The molecule has 4 nitrogen and oxygen atoms in total. The molecule has 0 aliphatic carbocycles. The monoisotopic (exact) mass is 380 g/mol. The second kappa shape index (κ2) is 7.36. The number of carbonyl (C=O) groups excluding carboxylic acids is 1. The second-order valence-electron chi connectivity index (χ2n) is 7.24. The van der Waals surface area contributed by atoms with Crippen LogP contribution in [0, 0.1) is 0 Å². The van der Waals surface area contributed by atoms with Gasteiger partial charge < -0.3 is 9.64 Å². The van der Waals surface area contributed by atoms with Crippen molar-refractivity contribution >= 4 is 6.09 Å². The number of piperidine rings is 1. The fraction of sp³-hybridized carbons (Fsp3) is 0.647. The smallest absolute Gasteiger partial charge is 0.410 e. The summed E-state index contributed by atoms with van der Waals surface area (Å²) in [5.41, 5.74) is -1.44. The molecule has 1 aliphatic rings. The van der Waals surface area contributed by atoms with Crippen LogP contribution in [0.1, 0.15) is 50.5 Å². The number of alkyl halides is 5. The van der Waals surface area contributed by atoms with Gasteiger partial charge in [0.1, 0.15) is 5.60 Å². The van der Waals surface area contributed by atoms with Gasteiger partial charge in [-0.05, 0) is 38.5 Å². The molecule has 2 rings (SSSR count). The third kappa shape index (κ3) is 4.82. The lowest BCUT2D eigenvalue weighted by molar-refractivity contribution is -0.0771. The normalized spacial score (nSPS) is 21.6. The Morgan fingerprint density at radius 3 is 2.58 bits per heavy atom. The summed E-state index contributed by atoms with van der Waals surface area (Å²) in [4.78, 5) is 16.8. The summed E-state index contributed by atoms with van der Waals surface area (Å²) in [6.45, 7) is 4.40. The molecule has 0 radical (unpaired) electrons. The van der Waals surface area contributed by atoms with Crippen molar-refractivity contribution in [3.8, 4) is 0 Å². The predicted molar refractivity (Wildman–Crippen MR) is 84.2 cm³/mol. The first kappa shape index (κ1) is 20.4. The maximum atomic E-state index is 14.4. The lowest BCUT2D eigenvalue weighted by atomic mass is 9.87. The lowest BCUT2D eigenvalue weighted by Gasteiger charge is -2.39. The Bertz CT molecular complexity index is 648. The molecule has 0 aromatic carbocycles.